The van der Waals surface area contributed by atoms with Gasteiger partial charge in [0, 0.05) is 17.1 Å². The maximum absolute atomic E-state index is 12.0. The number of thioether (sulfide) groups is 1. The van der Waals surface area contributed by atoms with Gasteiger partial charge in [-0.2, -0.15) is 21.7 Å². The fourth-order valence-electron chi connectivity index (χ4n) is 2.24. The van der Waals surface area contributed by atoms with Crippen LogP contribution in [0, 0.1) is 0 Å². The van der Waals surface area contributed by atoms with Gasteiger partial charge in [0.1, 0.15) is 5.69 Å². The van der Waals surface area contributed by atoms with E-state index in [1.54, 1.807) is 18.0 Å². The van der Waals surface area contributed by atoms with Gasteiger partial charge in [0.25, 0.3) is 5.56 Å². The standard InChI is InChI=1S/C14H11N5OS/c20-14-10-7-21-8-12(10)16-13(17-14)11-6-15-19(18-11)9-4-2-1-3-5-9/h1-6H,7-8H2,(H,16,17,20). The predicted molar refractivity (Wildman–Crippen MR) is 80.2 cm³/mol. The Morgan fingerprint density at radius 2 is 2.05 bits per heavy atom. The van der Waals surface area contributed by atoms with Crippen molar-refractivity contribution in [3.8, 4) is 17.2 Å². The lowest BCUT2D eigenvalue weighted by molar-refractivity contribution is 0.752. The number of nitrogens with one attached hydrogen (secondary N) is 1. The number of rotatable bonds is 2. The molecule has 104 valence electrons. The number of para-hydroxylation sites is 1. The summed E-state index contributed by atoms with van der Waals surface area (Å²) >= 11 is 1.70. The predicted octanol–water partition coefficient (Wildman–Crippen LogP) is 1.76. The first-order valence-corrected chi connectivity index (χ1v) is 7.65. The molecule has 0 spiro atoms. The molecule has 0 aliphatic carbocycles. The summed E-state index contributed by atoms with van der Waals surface area (Å²) in [6, 6.07) is 9.61. The molecule has 21 heavy (non-hydrogen) atoms. The summed E-state index contributed by atoms with van der Waals surface area (Å²) < 4.78 is 0. The average Bonchev–Trinajstić information content (AvgIpc) is 3.17. The summed E-state index contributed by atoms with van der Waals surface area (Å²) in [6.07, 6.45) is 1.61. The van der Waals surface area contributed by atoms with Crippen LogP contribution in [0.2, 0.25) is 0 Å². The first-order valence-electron chi connectivity index (χ1n) is 6.49. The van der Waals surface area contributed by atoms with Crippen LogP contribution in [0.4, 0.5) is 0 Å². The Balaban J connectivity index is 1.77. The Hall–Kier alpha value is -2.41. The van der Waals surface area contributed by atoms with Crippen LogP contribution in [-0.2, 0) is 11.5 Å². The minimum absolute atomic E-state index is 0.0748. The third-order valence-electron chi connectivity index (χ3n) is 3.31. The average molecular weight is 297 g/mol. The number of H-pyrrole nitrogens is 1. The Morgan fingerprint density at radius 3 is 2.90 bits per heavy atom. The molecule has 0 saturated carbocycles. The lowest BCUT2D eigenvalue weighted by atomic mass is 10.2. The zero-order valence-electron chi connectivity index (χ0n) is 11.0. The van der Waals surface area contributed by atoms with Crippen LogP contribution >= 0.6 is 11.8 Å². The number of hydrogen-bond acceptors (Lipinski definition) is 5. The monoisotopic (exact) mass is 297 g/mol. The van der Waals surface area contributed by atoms with Crippen LogP contribution in [0.1, 0.15) is 11.3 Å². The second kappa shape index (κ2) is 4.85. The first kappa shape index (κ1) is 12.3. The summed E-state index contributed by atoms with van der Waals surface area (Å²) in [5.74, 6) is 1.98. The van der Waals surface area contributed by atoms with Crippen molar-refractivity contribution in [1.29, 1.82) is 0 Å². The van der Waals surface area contributed by atoms with Crippen LogP contribution in [0.5, 0.6) is 0 Å². The second-order valence-electron chi connectivity index (χ2n) is 4.69. The van der Waals surface area contributed by atoms with Gasteiger partial charge in [-0.15, -0.1) is 5.10 Å². The van der Waals surface area contributed by atoms with Crippen LogP contribution in [0.3, 0.4) is 0 Å². The van der Waals surface area contributed by atoms with Gasteiger partial charge in [-0.1, -0.05) is 18.2 Å². The number of nitrogens with zero attached hydrogens (tertiary/aromatic N) is 4. The molecule has 1 N–H and O–H groups in total. The number of aromatic amines is 1. The molecule has 1 aliphatic heterocycles. The molecule has 0 bridgehead atoms. The molecule has 0 atom stereocenters. The van der Waals surface area contributed by atoms with E-state index in [9.17, 15) is 4.79 Å². The number of hydrogen-bond donors (Lipinski definition) is 1. The van der Waals surface area contributed by atoms with E-state index < -0.39 is 0 Å². The Kier molecular flexibility index (Phi) is 2.85. The quantitative estimate of drug-likeness (QED) is 0.780. The molecule has 1 aromatic carbocycles. The van der Waals surface area contributed by atoms with Crippen molar-refractivity contribution in [3.05, 3.63) is 58.1 Å². The summed E-state index contributed by atoms with van der Waals surface area (Å²) in [6.45, 7) is 0. The van der Waals surface area contributed by atoms with E-state index in [0.717, 1.165) is 28.5 Å². The molecular formula is C14H11N5OS. The first-order chi connectivity index (χ1) is 10.3. The van der Waals surface area contributed by atoms with Gasteiger partial charge in [-0.3, -0.25) is 4.79 Å². The van der Waals surface area contributed by atoms with Crippen LogP contribution in [0.15, 0.2) is 41.3 Å². The molecule has 2 aromatic heterocycles. The Labute approximate surface area is 124 Å². The maximum Gasteiger partial charge on any atom is 0.255 e. The van der Waals surface area contributed by atoms with Crippen molar-refractivity contribution < 1.29 is 0 Å². The van der Waals surface area contributed by atoms with E-state index >= 15 is 0 Å². The molecule has 3 heterocycles. The zero-order chi connectivity index (χ0) is 14.2. The van der Waals surface area contributed by atoms with Crippen LogP contribution in [0.25, 0.3) is 17.2 Å². The van der Waals surface area contributed by atoms with Gasteiger partial charge in [0.2, 0.25) is 0 Å². The fraction of sp³-hybridized carbons (Fsp3) is 0.143. The molecule has 0 unspecified atom stereocenters. The molecule has 0 fully saturated rings. The smallest absolute Gasteiger partial charge is 0.255 e. The number of benzene rings is 1. The minimum Gasteiger partial charge on any atom is -0.305 e. The maximum atomic E-state index is 12.0. The summed E-state index contributed by atoms with van der Waals surface area (Å²) in [7, 11) is 0. The van der Waals surface area contributed by atoms with Gasteiger partial charge >= 0.3 is 0 Å². The van der Waals surface area contributed by atoms with Gasteiger partial charge in [0.15, 0.2) is 5.82 Å². The van der Waals surface area contributed by atoms with Crippen molar-refractivity contribution >= 4 is 11.8 Å². The van der Waals surface area contributed by atoms with Crippen molar-refractivity contribution in [2.24, 2.45) is 0 Å². The third kappa shape index (κ3) is 2.15. The number of aromatic nitrogens is 5. The van der Waals surface area contributed by atoms with E-state index in [4.69, 9.17) is 0 Å². The summed E-state index contributed by atoms with van der Waals surface area (Å²) in [4.78, 5) is 20.8. The molecule has 0 radical (unpaired) electrons. The van der Waals surface area contributed by atoms with Crippen molar-refractivity contribution in [3.63, 3.8) is 0 Å². The Morgan fingerprint density at radius 1 is 1.19 bits per heavy atom. The van der Waals surface area contributed by atoms with E-state index in [-0.39, 0.29) is 5.56 Å². The molecule has 3 aromatic rings. The molecule has 6 nitrogen and oxygen atoms in total. The largest absolute Gasteiger partial charge is 0.305 e. The van der Waals surface area contributed by atoms with Crippen LogP contribution < -0.4 is 5.56 Å². The highest BCUT2D eigenvalue weighted by Gasteiger charge is 2.19. The normalized spacial score (nSPS) is 13.3. The Bertz CT molecular complexity index is 855. The molecule has 0 saturated heterocycles. The van der Waals surface area contributed by atoms with Gasteiger partial charge < -0.3 is 4.98 Å². The fourth-order valence-corrected chi connectivity index (χ4v) is 3.28. The topological polar surface area (TPSA) is 76.5 Å². The third-order valence-corrected chi connectivity index (χ3v) is 4.28. The van der Waals surface area contributed by atoms with E-state index in [2.05, 4.69) is 20.2 Å². The highest BCUT2D eigenvalue weighted by atomic mass is 32.2. The SMILES string of the molecule is O=c1[nH]c(-c2cnn(-c3ccccc3)n2)nc2c1CSC2. The zero-order valence-corrected chi connectivity index (χ0v) is 11.8. The van der Waals surface area contributed by atoms with Crippen molar-refractivity contribution in [2.75, 3.05) is 0 Å². The van der Waals surface area contributed by atoms with Gasteiger partial charge in [-0.05, 0) is 12.1 Å². The molecular weight excluding hydrogens is 286 g/mol. The van der Waals surface area contributed by atoms with Crippen molar-refractivity contribution in [2.45, 2.75) is 11.5 Å². The molecule has 4 rings (SSSR count). The highest BCUT2D eigenvalue weighted by Crippen LogP contribution is 2.26. The van der Waals surface area contributed by atoms with Gasteiger partial charge in [-0.25, -0.2) is 4.98 Å². The molecule has 7 heteroatoms. The van der Waals surface area contributed by atoms with Crippen molar-refractivity contribution in [1.82, 2.24) is 25.0 Å². The van der Waals surface area contributed by atoms with Gasteiger partial charge in [0.05, 0.1) is 17.6 Å². The minimum atomic E-state index is -0.0748. The lowest BCUT2D eigenvalue weighted by Gasteiger charge is -2.00. The highest BCUT2D eigenvalue weighted by molar-refractivity contribution is 7.98. The van der Waals surface area contributed by atoms with E-state index in [1.807, 2.05) is 30.3 Å². The molecule has 0 amide bonds. The second-order valence-corrected chi connectivity index (χ2v) is 5.67. The summed E-state index contributed by atoms with van der Waals surface area (Å²) in [5.41, 5.74) is 2.99. The van der Waals surface area contributed by atoms with Crippen LogP contribution in [-0.4, -0.2) is 25.0 Å². The van der Waals surface area contributed by atoms with E-state index in [1.165, 1.54) is 4.80 Å². The van der Waals surface area contributed by atoms with E-state index in [0.29, 0.717) is 11.5 Å². The molecule has 1 aliphatic rings. The lowest BCUT2D eigenvalue weighted by Crippen LogP contribution is -2.15. The summed E-state index contributed by atoms with van der Waals surface area (Å²) in [5, 5.41) is 8.61. The number of fused-ring (bicyclic) bond motifs is 1.